The van der Waals surface area contributed by atoms with Gasteiger partial charge in [-0.25, -0.2) is 14.6 Å². The number of carboxylic acid groups (broad SMARTS) is 1. The van der Waals surface area contributed by atoms with E-state index in [0.29, 0.717) is 29.0 Å². The lowest BCUT2D eigenvalue weighted by molar-refractivity contribution is -0.172. The third-order valence-electron chi connectivity index (χ3n) is 6.56. The summed E-state index contributed by atoms with van der Waals surface area (Å²) in [7, 11) is 0. The second kappa shape index (κ2) is 7.74. The normalized spacial score (nSPS) is 18.8. The summed E-state index contributed by atoms with van der Waals surface area (Å²) >= 11 is 0. The maximum absolute atomic E-state index is 13.3. The maximum atomic E-state index is 13.3. The Hall–Kier alpha value is -4.05. The van der Waals surface area contributed by atoms with E-state index in [-0.39, 0.29) is 29.7 Å². The van der Waals surface area contributed by atoms with Crippen molar-refractivity contribution in [1.29, 1.82) is 0 Å². The number of aliphatic hydroxyl groups is 1. The van der Waals surface area contributed by atoms with Gasteiger partial charge in [0.2, 0.25) is 5.60 Å². The fourth-order valence-electron chi connectivity index (χ4n) is 4.39. The monoisotopic (exact) mass is 477 g/mol. The van der Waals surface area contributed by atoms with Crippen molar-refractivity contribution in [2.45, 2.75) is 51.5 Å². The zero-order valence-corrected chi connectivity index (χ0v) is 19.4. The fourth-order valence-corrected chi connectivity index (χ4v) is 4.39. The van der Waals surface area contributed by atoms with Gasteiger partial charge in [-0.1, -0.05) is 30.3 Å². The Labute approximate surface area is 199 Å². The molecule has 0 bridgehead atoms. The molecule has 0 amide bonds. The molecule has 4 heterocycles. The molecule has 0 spiro atoms. The van der Waals surface area contributed by atoms with E-state index in [1.165, 1.54) is 20.1 Å². The Morgan fingerprint density at radius 2 is 2.11 bits per heavy atom. The highest BCUT2D eigenvalue weighted by atomic mass is 16.7. The van der Waals surface area contributed by atoms with Crippen molar-refractivity contribution in [3.05, 3.63) is 62.9 Å². The molecule has 3 aromatic rings. The van der Waals surface area contributed by atoms with Gasteiger partial charge in [0, 0.05) is 22.1 Å². The lowest BCUT2D eigenvalue weighted by Gasteiger charge is -2.31. The van der Waals surface area contributed by atoms with Crippen molar-refractivity contribution in [3.63, 3.8) is 0 Å². The standard InChI is InChI=1S/C25H23N3O7/c1-4-25(33)17-9-18-20-15(11-28(18)21(29)16(17)12-34-23(25)32)8-13-6-5-7-14(19(13)27-20)10-26-35-24(2,3)22(30)31/h5-10,33H,4,11-12H2,1-3H3,(H,30,31)/b26-10+/t25-/m0/s1. The minimum absolute atomic E-state index is 0.0625. The number of rotatable bonds is 5. The highest BCUT2D eigenvalue weighted by molar-refractivity contribution is 5.99. The summed E-state index contributed by atoms with van der Waals surface area (Å²) in [5, 5.41) is 24.9. The SMILES string of the molecule is CC[C@@]1(O)C(=O)OCc2c1cc1n(c2=O)Cc2cc3cccc(/C=N/OC(C)(C)C(=O)O)c3nc2-1. The molecule has 10 heteroatoms. The molecule has 10 nitrogen and oxygen atoms in total. The van der Waals surface area contributed by atoms with Crippen LogP contribution < -0.4 is 5.56 Å². The number of carboxylic acids is 1. The molecule has 2 N–H and O–H groups in total. The second-order valence-electron chi connectivity index (χ2n) is 9.16. The molecular weight excluding hydrogens is 454 g/mol. The van der Waals surface area contributed by atoms with Gasteiger partial charge in [-0.15, -0.1) is 0 Å². The predicted molar refractivity (Wildman–Crippen MR) is 125 cm³/mol. The van der Waals surface area contributed by atoms with Crippen LogP contribution in [0.5, 0.6) is 0 Å². The number of ether oxygens (including phenoxy) is 1. The number of fused-ring (bicyclic) bond motifs is 5. The average Bonchev–Trinajstić information content (AvgIpc) is 3.18. The van der Waals surface area contributed by atoms with Crippen LogP contribution in [0, 0.1) is 0 Å². The van der Waals surface area contributed by atoms with Crippen LogP contribution in [0.1, 0.15) is 49.4 Å². The molecule has 1 aromatic carbocycles. The largest absolute Gasteiger partial charge is 0.478 e. The van der Waals surface area contributed by atoms with Crippen molar-refractivity contribution < 1.29 is 29.4 Å². The van der Waals surface area contributed by atoms with E-state index in [2.05, 4.69) is 5.16 Å². The second-order valence-corrected chi connectivity index (χ2v) is 9.16. The summed E-state index contributed by atoms with van der Waals surface area (Å²) in [6, 6.07) is 9.04. The summed E-state index contributed by atoms with van der Waals surface area (Å²) in [6.07, 6.45) is 1.46. The first-order chi connectivity index (χ1) is 16.6. The summed E-state index contributed by atoms with van der Waals surface area (Å²) in [5.74, 6) is -1.92. The Morgan fingerprint density at radius 3 is 2.83 bits per heavy atom. The highest BCUT2D eigenvalue weighted by Crippen LogP contribution is 2.38. The first kappa shape index (κ1) is 22.7. The van der Waals surface area contributed by atoms with E-state index in [9.17, 15) is 24.6 Å². The predicted octanol–water partition coefficient (Wildman–Crippen LogP) is 2.29. The van der Waals surface area contributed by atoms with Crippen LogP contribution in [0.25, 0.3) is 22.3 Å². The number of hydrogen-bond donors (Lipinski definition) is 2. The molecule has 1 atom stereocenters. The number of carbonyl (C=O) groups is 2. The van der Waals surface area contributed by atoms with Gasteiger partial charge in [-0.05, 0) is 32.4 Å². The van der Waals surface area contributed by atoms with Crippen LogP contribution >= 0.6 is 0 Å². The third kappa shape index (κ3) is 3.40. The number of benzene rings is 1. The first-order valence-corrected chi connectivity index (χ1v) is 11.1. The third-order valence-corrected chi connectivity index (χ3v) is 6.56. The molecule has 0 unspecified atom stereocenters. The van der Waals surface area contributed by atoms with Crippen molar-refractivity contribution in [1.82, 2.24) is 9.55 Å². The summed E-state index contributed by atoms with van der Waals surface area (Å²) in [5.41, 5.74) is -0.145. The molecule has 180 valence electrons. The summed E-state index contributed by atoms with van der Waals surface area (Å²) < 4.78 is 6.67. The van der Waals surface area contributed by atoms with E-state index in [1.54, 1.807) is 23.6 Å². The van der Waals surface area contributed by atoms with Gasteiger partial charge in [0.1, 0.15) is 6.61 Å². The van der Waals surface area contributed by atoms with Crippen molar-refractivity contribution in [2.75, 3.05) is 0 Å². The summed E-state index contributed by atoms with van der Waals surface area (Å²) in [4.78, 5) is 46.8. The van der Waals surface area contributed by atoms with Crippen LogP contribution in [0.2, 0.25) is 0 Å². The number of carbonyl (C=O) groups excluding carboxylic acids is 1. The van der Waals surface area contributed by atoms with Gasteiger partial charge in [0.15, 0.2) is 5.60 Å². The molecule has 0 fully saturated rings. The Balaban J connectivity index is 1.64. The number of para-hydroxylation sites is 1. The number of oxime groups is 1. The van der Waals surface area contributed by atoms with Crippen LogP contribution in [-0.4, -0.2) is 43.5 Å². The molecule has 2 aliphatic heterocycles. The quantitative estimate of drug-likeness (QED) is 0.253. The minimum Gasteiger partial charge on any atom is -0.478 e. The van der Waals surface area contributed by atoms with E-state index in [1.807, 2.05) is 18.2 Å². The number of hydrogen-bond acceptors (Lipinski definition) is 8. The van der Waals surface area contributed by atoms with Gasteiger partial charge in [0.25, 0.3) is 5.56 Å². The number of aliphatic carboxylic acids is 1. The Morgan fingerprint density at radius 1 is 1.34 bits per heavy atom. The molecule has 35 heavy (non-hydrogen) atoms. The van der Waals surface area contributed by atoms with Crippen molar-refractivity contribution in [3.8, 4) is 11.4 Å². The number of pyridine rings is 2. The zero-order valence-electron chi connectivity index (χ0n) is 19.4. The smallest absolute Gasteiger partial charge is 0.350 e. The Kier molecular flexibility index (Phi) is 5.03. The molecule has 0 saturated heterocycles. The van der Waals surface area contributed by atoms with E-state index >= 15 is 0 Å². The van der Waals surface area contributed by atoms with Crippen molar-refractivity contribution in [2.24, 2.45) is 5.16 Å². The highest BCUT2D eigenvalue weighted by Gasteiger charge is 2.45. The molecule has 5 rings (SSSR count). The lowest BCUT2D eigenvalue weighted by Crippen LogP contribution is -2.44. The number of nitrogens with zero attached hydrogens (tertiary/aromatic N) is 3. The topological polar surface area (TPSA) is 140 Å². The molecule has 2 aromatic heterocycles. The minimum atomic E-state index is -1.89. The van der Waals surface area contributed by atoms with Gasteiger partial charge < -0.3 is 24.4 Å². The maximum Gasteiger partial charge on any atom is 0.350 e. The first-order valence-electron chi connectivity index (χ1n) is 11.1. The van der Waals surface area contributed by atoms with Gasteiger partial charge >= 0.3 is 11.9 Å². The van der Waals surface area contributed by atoms with Crippen LogP contribution in [0.4, 0.5) is 0 Å². The van der Waals surface area contributed by atoms with E-state index in [0.717, 1.165) is 10.9 Å². The summed E-state index contributed by atoms with van der Waals surface area (Å²) in [6.45, 7) is 4.55. The molecule has 0 saturated carbocycles. The van der Waals surface area contributed by atoms with Gasteiger partial charge in [0.05, 0.1) is 35.2 Å². The number of esters is 1. The van der Waals surface area contributed by atoms with Crippen LogP contribution in [0.3, 0.4) is 0 Å². The van der Waals surface area contributed by atoms with E-state index in [4.69, 9.17) is 14.6 Å². The molecular formula is C25H23N3O7. The van der Waals surface area contributed by atoms with Gasteiger partial charge in [-0.2, -0.15) is 0 Å². The zero-order chi connectivity index (χ0) is 25.1. The van der Waals surface area contributed by atoms with Crippen LogP contribution in [0.15, 0.2) is 40.3 Å². The Bertz CT molecular complexity index is 1510. The van der Waals surface area contributed by atoms with Crippen LogP contribution in [-0.2, 0) is 37.9 Å². The average molecular weight is 477 g/mol. The van der Waals surface area contributed by atoms with Gasteiger partial charge in [-0.3, -0.25) is 4.79 Å². The number of cyclic esters (lactones) is 1. The molecule has 0 aliphatic carbocycles. The van der Waals surface area contributed by atoms with Crippen molar-refractivity contribution >= 4 is 29.1 Å². The van der Waals surface area contributed by atoms with E-state index < -0.39 is 23.1 Å². The molecule has 2 aliphatic rings. The lowest BCUT2D eigenvalue weighted by atomic mass is 9.86. The molecule has 0 radical (unpaired) electrons. The number of aromatic nitrogens is 2. The fraction of sp³-hybridized carbons (Fsp3) is 0.320.